The highest BCUT2D eigenvalue weighted by Gasteiger charge is 2.27. The van der Waals surface area contributed by atoms with Crippen LogP contribution in [0.5, 0.6) is 5.75 Å². The number of rotatable bonds is 2. The molecule has 0 bridgehead atoms. The second kappa shape index (κ2) is 6.24. The molecule has 116 valence electrons. The van der Waals surface area contributed by atoms with Crippen molar-refractivity contribution < 1.29 is 19.0 Å². The minimum absolute atomic E-state index is 0.118. The van der Waals surface area contributed by atoms with E-state index in [2.05, 4.69) is 0 Å². The normalized spacial score (nSPS) is 18.5. The fourth-order valence-electron chi connectivity index (χ4n) is 2.35. The third-order valence-electron chi connectivity index (χ3n) is 3.48. The Morgan fingerprint density at radius 2 is 2.32 bits per heavy atom. The van der Waals surface area contributed by atoms with E-state index >= 15 is 0 Å². The van der Waals surface area contributed by atoms with Gasteiger partial charge in [-0.15, -0.1) is 11.3 Å². The van der Waals surface area contributed by atoms with E-state index in [4.69, 9.17) is 16.3 Å². The lowest BCUT2D eigenvalue weighted by molar-refractivity contribution is -0.0211. The molecule has 0 spiro atoms. The van der Waals surface area contributed by atoms with Crippen molar-refractivity contribution in [2.24, 2.45) is 0 Å². The van der Waals surface area contributed by atoms with Gasteiger partial charge in [0.15, 0.2) is 11.6 Å². The molecule has 1 fully saturated rings. The average molecular weight is 342 g/mol. The third kappa shape index (κ3) is 2.95. The predicted molar refractivity (Wildman–Crippen MR) is 82.0 cm³/mol. The second-order valence-corrected chi connectivity index (χ2v) is 6.30. The Kier molecular flexibility index (Phi) is 4.33. The minimum atomic E-state index is -0.904. The number of phenolic OH excluding ortho intramolecular Hbond substituents is 1. The summed E-state index contributed by atoms with van der Waals surface area (Å²) in [4.78, 5) is 15.2. The van der Waals surface area contributed by atoms with Crippen molar-refractivity contribution in [3.63, 3.8) is 0 Å². The molecule has 0 aliphatic carbocycles. The van der Waals surface area contributed by atoms with E-state index in [1.807, 2.05) is 17.5 Å². The van der Waals surface area contributed by atoms with E-state index in [0.29, 0.717) is 19.7 Å². The van der Waals surface area contributed by atoms with Gasteiger partial charge in [0.05, 0.1) is 18.2 Å². The van der Waals surface area contributed by atoms with Crippen LogP contribution in [0, 0.1) is 5.82 Å². The van der Waals surface area contributed by atoms with Crippen LogP contribution >= 0.6 is 22.9 Å². The fraction of sp³-hybridized carbons (Fsp3) is 0.267. The smallest absolute Gasteiger partial charge is 0.254 e. The van der Waals surface area contributed by atoms with Gasteiger partial charge in [-0.1, -0.05) is 17.7 Å². The number of hydrogen-bond donors (Lipinski definition) is 1. The van der Waals surface area contributed by atoms with Crippen LogP contribution in [-0.2, 0) is 4.74 Å². The molecule has 1 atom stereocenters. The standard InChI is InChI=1S/C15H13ClFNO3S/c16-10-6-9(7-11(17)14(10)19)15(20)18-3-4-21-12(8-18)13-2-1-5-22-13/h1-2,5-7,12,19H,3-4,8H2. The number of hydrogen-bond acceptors (Lipinski definition) is 4. The largest absolute Gasteiger partial charge is 0.504 e. The molecule has 1 aromatic heterocycles. The Morgan fingerprint density at radius 1 is 1.50 bits per heavy atom. The number of phenols is 1. The van der Waals surface area contributed by atoms with E-state index in [0.717, 1.165) is 10.9 Å². The fourth-order valence-corrected chi connectivity index (χ4v) is 3.33. The van der Waals surface area contributed by atoms with Crippen molar-refractivity contribution in [1.82, 2.24) is 4.90 Å². The summed E-state index contributed by atoms with van der Waals surface area (Å²) in [5, 5.41) is 11.1. The molecule has 1 N–H and O–H groups in total. The van der Waals surface area contributed by atoms with Crippen LogP contribution in [0.25, 0.3) is 0 Å². The topological polar surface area (TPSA) is 49.8 Å². The molecule has 2 heterocycles. The van der Waals surface area contributed by atoms with Gasteiger partial charge in [-0.25, -0.2) is 4.39 Å². The van der Waals surface area contributed by atoms with Gasteiger partial charge in [0.2, 0.25) is 0 Å². The maximum Gasteiger partial charge on any atom is 0.254 e. The first-order valence-electron chi connectivity index (χ1n) is 6.68. The molecule has 1 amide bonds. The van der Waals surface area contributed by atoms with Crippen molar-refractivity contribution in [3.05, 3.63) is 50.9 Å². The highest BCUT2D eigenvalue weighted by Crippen LogP contribution is 2.30. The molecule has 22 heavy (non-hydrogen) atoms. The molecule has 1 aromatic carbocycles. The third-order valence-corrected chi connectivity index (χ3v) is 4.73. The Balaban J connectivity index is 1.80. The Hall–Kier alpha value is -1.63. The first-order valence-corrected chi connectivity index (χ1v) is 7.94. The Bertz CT molecular complexity index is 669. The highest BCUT2D eigenvalue weighted by molar-refractivity contribution is 7.10. The van der Waals surface area contributed by atoms with Gasteiger partial charge in [0.1, 0.15) is 6.10 Å². The molecule has 1 aliphatic heterocycles. The molecule has 0 radical (unpaired) electrons. The van der Waals surface area contributed by atoms with Crippen LogP contribution < -0.4 is 0 Å². The number of benzene rings is 1. The van der Waals surface area contributed by atoms with Gasteiger partial charge in [-0.3, -0.25) is 4.79 Å². The van der Waals surface area contributed by atoms with Crippen molar-refractivity contribution in [2.45, 2.75) is 6.10 Å². The van der Waals surface area contributed by atoms with Crippen LogP contribution in [0.3, 0.4) is 0 Å². The molecule has 1 saturated heterocycles. The lowest BCUT2D eigenvalue weighted by atomic mass is 10.1. The van der Waals surface area contributed by atoms with Crippen molar-refractivity contribution >= 4 is 28.8 Å². The SMILES string of the molecule is O=C(c1cc(F)c(O)c(Cl)c1)N1CCOC(c2cccs2)C1. The summed E-state index contributed by atoms with van der Waals surface area (Å²) >= 11 is 7.30. The maximum absolute atomic E-state index is 13.5. The predicted octanol–water partition coefficient (Wildman–Crippen LogP) is 3.46. The summed E-state index contributed by atoms with van der Waals surface area (Å²) in [7, 11) is 0. The number of halogens is 2. The van der Waals surface area contributed by atoms with Gasteiger partial charge >= 0.3 is 0 Å². The number of amides is 1. The van der Waals surface area contributed by atoms with Crippen molar-refractivity contribution in [2.75, 3.05) is 19.7 Å². The lowest BCUT2D eigenvalue weighted by Crippen LogP contribution is -2.42. The molecule has 3 rings (SSSR count). The summed E-state index contributed by atoms with van der Waals surface area (Å²) < 4.78 is 19.2. The van der Waals surface area contributed by atoms with Crippen LogP contribution in [-0.4, -0.2) is 35.6 Å². The molecular formula is C15H13ClFNO3S. The van der Waals surface area contributed by atoms with Gasteiger partial charge in [-0.2, -0.15) is 0 Å². The quantitative estimate of drug-likeness (QED) is 0.910. The van der Waals surface area contributed by atoms with Gasteiger partial charge < -0.3 is 14.7 Å². The second-order valence-electron chi connectivity index (χ2n) is 4.91. The zero-order valence-corrected chi connectivity index (χ0v) is 13.0. The van der Waals surface area contributed by atoms with Gasteiger partial charge in [0, 0.05) is 17.0 Å². The van der Waals surface area contributed by atoms with E-state index < -0.39 is 11.6 Å². The van der Waals surface area contributed by atoms with E-state index in [9.17, 15) is 14.3 Å². The zero-order valence-electron chi connectivity index (χ0n) is 11.5. The summed E-state index contributed by atoms with van der Waals surface area (Å²) in [6.07, 6.45) is -0.171. The van der Waals surface area contributed by atoms with Crippen LogP contribution in [0.1, 0.15) is 21.3 Å². The molecule has 7 heteroatoms. The van der Waals surface area contributed by atoms with Gasteiger partial charge in [0.25, 0.3) is 5.91 Å². The molecule has 4 nitrogen and oxygen atoms in total. The first-order chi connectivity index (χ1) is 10.6. The number of carbonyl (C=O) groups is 1. The van der Waals surface area contributed by atoms with Crippen LogP contribution in [0.2, 0.25) is 5.02 Å². The number of thiophene rings is 1. The van der Waals surface area contributed by atoms with Crippen LogP contribution in [0.4, 0.5) is 4.39 Å². The van der Waals surface area contributed by atoms with E-state index in [1.54, 1.807) is 16.2 Å². The summed E-state index contributed by atoms with van der Waals surface area (Å²) in [5.74, 6) is -1.87. The number of aromatic hydroxyl groups is 1. The molecule has 1 unspecified atom stereocenters. The summed E-state index contributed by atoms with van der Waals surface area (Å²) in [6, 6.07) is 6.16. The number of morpholine rings is 1. The van der Waals surface area contributed by atoms with Gasteiger partial charge in [-0.05, 0) is 23.6 Å². The minimum Gasteiger partial charge on any atom is -0.504 e. The average Bonchev–Trinajstić information content (AvgIpc) is 3.06. The molecular weight excluding hydrogens is 329 g/mol. The molecule has 0 saturated carbocycles. The number of carbonyl (C=O) groups excluding carboxylic acids is 1. The molecule has 1 aliphatic rings. The number of ether oxygens (including phenoxy) is 1. The highest BCUT2D eigenvalue weighted by atomic mass is 35.5. The maximum atomic E-state index is 13.5. The zero-order chi connectivity index (χ0) is 15.7. The van der Waals surface area contributed by atoms with E-state index in [-0.39, 0.29) is 22.6 Å². The summed E-state index contributed by atoms with van der Waals surface area (Å²) in [6.45, 7) is 1.25. The van der Waals surface area contributed by atoms with Crippen molar-refractivity contribution in [3.8, 4) is 5.75 Å². The van der Waals surface area contributed by atoms with E-state index in [1.165, 1.54) is 6.07 Å². The van der Waals surface area contributed by atoms with Crippen LogP contribution in [0.15, 0.2) is 29.6 Å². The lowest BCUT2D eigenvalue weighted by Gasteiger charge is -2.32. The monoisotopic (exact) mass is 341 g/mol. The summed E-state index contributed by atoms with van der Waals surface area (Å²) in [5.41, 5.74) is 0.118. The first kappa shape index (κ1) is 15.3. The Morgan fingerprint density at radius 3 is 3.00 bits per heavy atom. The van der Waals surface area contributed by atoms with Crippen molar-refractivity contribution in [1.29, 1.82) is 0 Å². The number of nitrogens with zero attached hydrogens (tertiary/aromatic N) is 1. The Labute approximate surface area is 135 Å². The molecule has 2 aromatic rings.